The van der Waals surface area contributed by atoms with Gasteiger partial charge in [0.25, 0.3) is 0 Å². The third-order valence-corrected chi connectivity index (χ3v) is 11.3. The van der Waals surface area contributed by atoms with Crippen LogP contribution in [0.2, 0.25) is 0 Å². The number of hydrogen-bond acceptors (Lipinski definition) is 6. The van der Waals surface area contributed by atoms with Crippen molar-refractivity contribution in [3.05, 3.63) is 47.0 Å². The summed E-state index contributed by atoms with van der Waals surface area (Å²) >= 11 is 0. The molecule has 0 aliphatic heterocycles. The van der Waals surface area contributed by atoms with Crippen LogP contribution in [0.3, 0.4) is 0 Å². The summed E-state index contributed by atoms with van der Waals surface area (Å²) in [5.74, 6) is 0.730. The Labute approximate surface area is 224 Å². The van der Waals surface area contributed by atoms with Gasteiger partial charge in [0.15, 0.2) is 15.5 Å². The summed E-state index contributed by atoms with van der Waals surface area (Å²) in [5, 5.41) is 7.98. The fourth-order valence-electron chi connectivity index (χ4n) is 6.30. The Morgan fingerprint density at radius 2 is 1.87 bits per heavy atom. The standard InChI is InChI=1S/C29H38N6O2S/c1-17(2)25-26(22-14-35-28(31-16-32-35)19(4)18(22)3)34-24-11-10-23(33-27(24)25)20-6-8-21(9-7-20)30-15-29(12-13-29)38(5,36)37/h10-11,14,16-17,20-21,30,34H,6-9,12-13,15H2,1-5H3. The molecule has 0 unspecified atom stereocenters. The topological polar surface area (TPSA) is 105 Å². The number of nitrogens with one attached hydrogen (secondary N) is 2. The third kappa shape index (κ3) is 4.24. The molecule has 4 heterocycles. The molecule has 0 aromatic carbocycles. The van der Waals surface area contributed by atoms with Crippen LogP contribution in [0.4, 0.5) is 0 Å². The Hall–Kier alpha value is -2.78. The van der Waals surface area contributed by atoms with Gasteiger partial charge in [0.2, 0.25) is 0 Å². The van der Waals surface area contributed by atoms with Crippen molar-refractivity contribution in [2.75, 3.05) is 12.8 Å². The van der Waals surface area contributed by atoms with Crippen LogP contribution in [-0.2, 0) is 9.84 Å². The van der Waals surface area contributed by atoms with Crippen molar-refractivity contribution in [2.24, 2.45) is 0 Å². The first kappa shape index (κ1) is 25.5. The second kappa shape index (κ2) is 9.16. The highest BCUT2D eigenvalue weighted by Gasteiger charge is 2.51. The molecule has 2 aliphatic rings. The molecule has 2 fully saturated rings. The number of pyridine rings is 2. The lowest BCUT2D eigenvalue weighted by atomic mass is 9.83. The molecule has 2 N–H and O–H groups in total. The second-order valence-electron chi connectivity index (χ2n) is 11.9. The van der Waals surface area contributed by atoms with Crippen LogP contribution in [-0.4, -0.2) is 56.6 Å². The fraction of sp³-hybridized carbons (Fsp3) is 0.552. The van der Waals surface area contributed by atoms with Gasteiger partial charge in [0, 0.05) is 47.8 Å². The van der Waals surface area contributed by atoms with Crippen LogP contribution < -0.4 is 5.32 Å². The van der Waals surface area contributed by atoms with E-state index >= 15 is 0 Å². The van der Waals surface area contributed by atoms with E-state index in [9.17, 15) is 8.42 Å². The summed E-state index contributed by atoms with van der Waals surface area (Å²) < 4.78 is 25.6. The number of nitrogens with zero attached hydrogens (tertiary/aromatic N) is 4. The molecule has 2 saturated carbocycles. The molecule has 0 amide bonds. The largest absolute Gasteiger partial charge is 0.353 e. The Balaban J connectivity index is 1.25. The smallest absolute Gasteiger partial charge is 0.158 e. The predicted molar refractivity (Wildman–Crippen MR) is 151 cm³/mol. The summed E-state index contributed by atoms with van der Waals surface area (Å²) in [5.41, 5.74) is 10.0. The molecule has 0 atom stereocenters. The number of sulfone groups is 1. The highest BCUT2D eigenvalue weighted by Crippen LogP contribution is 2.43. The Morgan fingerprint density at radius 3 is 2.53 bits per heavy atom. The molecule has 2 aliphatic carbocycles. The monoisotopic (exact) mass is 534 g/mol. The van der Waals surface area contributed by atoms with Crippen LogP contribution in [0.25, 0.3) is 27.9 Å². The van der Waals surface area contributed by atoms with Crippen molar-refractivity contribution < 1.29 is 8.42 Å². The summed E-state index contributed by atoms with van der Waals surface area (Å²) in [7, 11) is -2.99. The van der Waals surface area contributed by atoms with Gasteiger partial charge in [-0.2, -0.15) is 5.10 Å². The average Bonchev–Trinajstić information content (AvgIpc) is 3.38. The molecular weight excluding hydrogens is 496 g/mol. The molecule has 38 heavy (non-hydrogen) atoms. The number of H-pyrrole nitrogens is 1. The normalized spacial score (nSPS) is 21.5. The maximum atomic E-state index is 12.1. The quantitative estimate of drug-likeness (QED) is 0.337. The van der Waals surface area contributed by atoms with Crippen molar-refractivity contribution in [2.45, 2.75) is 88.8 Å². The van der Waals surface area contributed by atoms with Crippen molar-refractivity contribution in [3.8, 4) is 11.3 Å². The van der Waals surface area contributed by atoms with E-state index in [1.165, 1.54) is 17.4 Å². The summed E-state index contributed by atoms with van der Waals surface area (Å²) in [6, 6.07) is 4.76. The summed E-state index contributed by atoms with van der Waals surface area (Å²) in [4.78, 5) is 13.4. The number of aryl methyl sites for hydroxylation is 1. The van der Waals surface area contributed by atoms with Crippen LogP contribution in [0.5, 0.6) is 0 Å². The second-order valence-corrected chi connectivity index (χ2v) is 14.3. The van der Waals surface area contributed by atoms with Crippen molar-refractivity contribution in [3.63, 3.8) is 0 Å². The minimum atomic E-state index is -2.99. The van der Waals surface area contributed by atoms with Gasteiger partial charge in [-0.15, -0.1) is 0 Å². The number of hydrogen-bond donors (Lipinski definition) is 2. The number of fused-ring (bicyclic) bond motifs is 2. The average molecular weight is 535 g/mol. The van der Waals surface area contributed by atoms with Gasteiger partial charge in [0.1, 0.15) is 6.33 Å². The molecule has 6 rings (SSSR count). The maximum Gasteiger partial charge on any atom is 0.158 e. The molecule has 4 aromatic heterocycles. The third-order valence-electron chi connectivity index (χ3n) is 9.13. The van der Waals surface area contributed by atoms with Crippen molar-refractivity contribution in [1.29, 1.82) is 0 Å². The lowest BCUT2D eigenvalue weighted by Crippen LogP contribution is -2.41. The first-order valence-corrected chi connectivity index (χ1v) is 15.7. The lowest BCUT2D eigenvalue weighted by molar-refractivity contribution is 0.338. The molecule has 0 radical (unpaired) electrons. The lowest BCUT2D eigenvalue weighted by Gasteiger charge is -2.30. The Kier molecular flexibility index (Phi) is 6.14. The highest BCUT2D eigenvalue weighted by molar-refractivity contribution is 7.92. The zero-order chi connectivity index (χ0) is 26.8. The molecule has 8 nitrogen and oxygen atoms in total. The summed E-state index contributed by atoms with van der Waals surface area (Å²) in [6.45, 7) is 9.32. The van der Waals surface area contributed by atoms with Gasteiger partial charge >= 0.3 is 0 Å². The molecular formula is C29H38N6O2S. The van der Waals surface area contributed by atoms with E-state index in [2.05, 4.69) is 66.4 Å². The van der Waals surface area contributed by atoms with E-state index in [4.69, 9.17) is 4.98 Å². The zero-order valence-electron chi connectivity index (χ0n) is 23.0. The first-order valence-electron chi connectivity index (χ1n) is 13.8. The van der Waals surface area contributed by atoms with Crippen molar-refractivity contribution >= 4 is 26.5 Å². The Morgan fingerprint density at radius 1 is 1.13 bits per heavy atom. The van der Waals surface area contributed by atoms with Gasteiger partial charge in [0.05, 0.1) is 21.5 Å². The predicted octanol–water partition coefficient (Wildman–Crippen LogP) is 5.21. The molecule has 0 saturated heterocycles. The number of rotatable bonds is 7. The van der Waals surface area contributed by atoms with Gasteiger partial charge in [-0.3, -0.25) is 4.98 Å². The van der Waals surface area contributed by atoms with Gasteiger partial charge in [-0.05, 0) is 81.5 Å². The highest BCUT2D eigenvalue weighted by atomic mass is 32.2. The molecule has 0 bridgehead atoms. The summed E-state index contributed by atoms with van der Waals surface area (Å²) in [6.07, 6.45) is 10.9. The van der Waals surface area contributed by atoms with Gasteiger partial charge in [-0.25, -0.2) is 17.9 Å². The van der Waals surface area contributed by atoms with E-state index < -0.39 is 14.6 Å². The maximum absolute atomic E-state index is 12.1. The first-order chi connectivity index (χ1) is 18.1. The molecule has 202 valence electrons. The molecule has 4 aromatic rings. The van der Waals surface area contributed by atoms with E-state index in [0.29, 0.717) is 24.4 Å². The minimum absolute atomic E-state index is 0.303. The van der Waals surface area contributed by atoms with Crippen molar-refractivity contribution in [1.82, 2.24) is 29.9 Å². The van der Waals surface area contributed by atoms with Crippen LogP contribution in [0.15, 0.2) is 24.7 Å². The van der Waals surface area contributed by atoms with Crippen LogP contribution >= 0.6 is 0 Å². The Bertz CT molecular complexity index is 1620. The zero-order valence-corrected chi connectivity index (χ0v) is 23.8. The molecule has 0 spiro atoms. The number of aromatic nitrogens is 5. The van der Waals surface area contributed by atoms with Gasteiger partial charge < -0.3 is 10.3 Å². The van der Waals surface area contributed by atoms with Crippen LogP contribution in [0.1, 0.15) is 86.6 Å². The SMILES string of the molecule is Cc1c(-c2[nH]c3ccc(C4CCC(NCC5(S(C)(=O)=O)CC5)CC4)nc3c2C(C)C)cn2ncnc2c1C. The van der Waals surface area contributed by atoms with E-state index in [-0.39, 0.29) is 0 Å². The minimum Gasteiger partial charge on any atom is -0.353 e. The van der Waals surface area contributed by atoms with Crippen LogP contribution in [0, 0.1) is 13.8 Å². The number of aromatic amines is 1. The fourth-order valence-corrected chi connectivity index (χ4v) is 7.49. The van der Waals surface area contributed by atoms with E-state index in [0.717, 1.165) is 77.7 Å². The molecule has 9 heteroatoms. The van der Waals surface area contributed by atoms with Gasteiger partial charge in [-0.1, -0.05) is 13.8 Å². The van der Waals surface area contributed by atoms with E-state index in [1.807, 2.05) is 4.52 Å². The van der Waals surface area contributed by atoms with E-state index in [1.54, 1.807) is 6.33 Å².